The van der Waals surface area contributed by atoms with Crippen LogP contribution >= 0.6 is 0 Å². The second kappa shape index (κ2) is 9.60. The Balaban J connectivity index is 1.63. The molecule has 3 aromatic rings. The molecule has 1 unspecified atom stereocenters. The fraction of sp³-hybridized carbons (Fsp3) is 0.167. The molecule has 6 heteroatoms. The van der Waals surface area contributed by atoms with E-state index in [1.807, 2.05) is 18.2 Å². The van der Waals surface area contributed by atoms with E-state index in [-0.39, 0.29) is 11.7 Å². The first-order valence-corrected chi connectivity index (χ1v) is 9.40. The maximum Gasteiger partial charge on any atom is 0.265 e. The number of hydrogen-bond donors (Lipinski definition) is 1. The Morgan fingerprint density at radius 3 is 1.90 bits per heavy atom. The Morgan fingerprint density at radius 1 is 0.767 bits per heavy atom. The Morgan fingerprint density at radius 2 is 1.33 bits per heavy atom. The van der Waals surface area contributed by atoms with Crippen LogP contribution in [0.25, 0.3) is 0 Å². The summed E-state index contributed by atoms with van der Waals surface area (Å²) in [5.41, 5.74) is 1.71. The lowest BCUT2D eigenvalue weighted by Crippen LogP contribution is -2.30. The number of benzene rings is 3. The number of carbonyl (C=O) groups excluding carboxylic acids is 2. The van der Waals surface area contributed by atoms with Gasteiger partial charge in [0, 0.05) is 35.0 Å². The van der Waals surface area contributed by atoms with Crippen LogP contribution in [0.3, 0.4) is 0 Å². The van der Waals surface area contributed by atoms with Gasteiger partial charge in [0.25, 0.3) is 5.91 Å². The SMILES string of the molecule is COc1cc(NC(=O)C(C)Oc2ccc(C(=O)c3ccccc3)cc2)cc(OC)c1. The second-order valence-electron chi connectivity index (χ2n) is 6.57. The summed E-state index contributed by atoms with van der Waals surface area (Å²) in [5, 5.41) is 2.78. The van der Waals surface area contributed by atoms with Crippen LogP contribution in [0.5, 0.6) is 17.2 Å². The number of carbonyl (C=O) groups is 2. The van der Waals surface area contributed by atoms with E-state index in [9.17, 15) is 9.59 Å². The molecule has 0 radical (unpaired) electrons. The van der Waals surface area contributed by atoms with Gasteiger partial charge in [-0.2, -0.15) is 0 Å². The first-order valence-electron chi connectivity index (χ1n) is 9.40. The second-order valence-corrected chi connectivity index (χ2v) is 6.57. The molecule has 30 heavy (non-hydrogen) atoms. The molecular weight excluding hydrogens is 382 g/mol. The van der Waals surface area contributed by atoms with Crippen LogP contribution in [0, 0.1) is 0 Å². The van der Waals surface area contributed by atoms with Crippen molar-refractivity contribution in [3.8, 4) is 17.2 Å². The lowest BCUT2D eigenvalue weighted by atomic mass is 10.0. The third-order valence-corrected chi connectivity index (χ3v) is 4.45. The van der Waals surface area contributed by atoms with Crippen LogP contribution in [0.1, 0.15) is 22.8 Å². The average Bonchev–Trinajstić information content (AvgIpc) is 2.79. The molecule has 1 N–H and O–H groups in total. The minimum Gasteiger partial charge on any atom is -0.497 e. The molecule has 6 nitrogen and oxygen atoms in total. The van der Waals surface area contributed by atoms with Gasteiger partial charge < -0.3 is 19.5 Å². The van der Waals surface area contributed by atoms with Gasteiger partial charge in [0.1, 0.15) is 17.2 Å². The van der Waals surface area contributed by atoms with Crippen LogP contribution in [0.15, 0.2) is 72.8 Å². The van der Waals surface area contributed by atoms with E-state index in [0.29, 0.717) is 34.1 Å². The highest BCUT2D eigenvalue weighted by Gasteiger charge is 2.16. The normalized spacial score (nSPS) is 11.3. The largest absolute Gasteiger partial charge is 0.497 e. The molecule has 0 aliphatic rings. The number of amides is 1. The van der Waals surface area contributed by atoms with Gasteiger partial charge in [0.05, 0.1) is 14.2 Å². The topological polar surface area (TPSA) is 73.9 Å². The molecule has 3 rings (SSSR count). The zero-order valence-electron chi connectivity index (χ0n) is 17.0. The summed E-state index contributed by atoms with van der Waals surface area (Å²) < 4.78 is 16.1. The van der Waals surface area contributed by atoms with Crippen molar-refractivity contribution in [3.05, 3.63) is 83.9 Å². The number of nitrogens with one attached hydrogen (secondary N) is 1. The molecule has 0 aliphatic heterocycles. The van der Waals surface area contributed by atoms with E-state index >= 15 is 0 Å². The van der Waals surface area contributed by atoms with Gasteiger partial charge in [-0.15, -0.1) is 0 Å². The highest BCUT2D eigenvalue weighted by molar-refractivity contribution is 6.09. The van der Waals surface area contributed by atoms with Crippen LogP contribution in [0.4, 0.5) is 5.69 Å². The average molecular weight is 405 g/mol. The fourth-order valence-electron chi connectivity index (χ4n) is 2.82. The standard InChI is InChI=1S/C24H23NO5/c1-16(24(27)25-19-13-21(28-2)15-22(14-19)29-3)30-20-11-9-18(10-12-20)23(26)17-7-5-4-6-8-17/h4-16H,1-3H3,(H,25,27). The van der Waals surface area contributed by atoms with Gasteiger partial charge in [-0.1, -0.05) is 30.3 Å². The Bertz CT molecular complexity index is 993. The Kier molecular flexibility index (Phi) is 6.70. The van der Waals surface area contributed by atoms with Gasteiger partial charge in [0.15, 0.2) is 11.9 Å². The van der Waals surface area contributed by atoms with E-state index in [2.05, 4.69) is 5.32 Å². The van der Waals surface area contributed by atoms with Gasteiger partial charge in [-0.05, 0) is 31.2 Å². The number of rotatable bonds is 8. The van der Waals surface area contributed by atoms with Crippen LogP contribution in [0.2, 0.25) is 0 Å². The van der Waals surface area contributed by atoms with Crippen molar-refractivity contribution in [1.29, 1.82) is 0 Å². The highest BCUT2D eigenvalue weighted by Crippen LogP contribution is 2.26. The highest BCUT2D eigenvalue weighted by atomic mass is 16.5. The molecule has 1 amide bonds. The molecule has 0 saturated heterocycles. The van der Waals surface area contributed by atoms with Crippen LogP contribution in [-0.2, 0) is 4.79 Å². The number of ketones is 1. The van der Waals surface area contributed by atoms with E-state index < -0.39 is 6.10 Å². The minimum atomic E-state index is -0.752. The Hall–Kier alpha value is -3.80. The van der Waals surface area contributed by atoms with Gasteiger partial charge >= 0.3 is 0 Å². The molecule has 0 bridgehead atoms. The zero-order chi connectivity index (χ0) is 21.5. The summed E-state index contributed by atoms with van der Waals surface area (Å²) in [5.74, 6) is 1.23. The molecule has 0 saturated carbocycles. The number of anilines is 1. The van der Waals surface area contributed by atoms with Crippen molar-refractivity contribution in [1.82, 2.24) is 0 Å². The molecule has 154 valence electrons. The zero-order valence-corrected chi connectivity index (χ0v) is 17.0. The predicted octanol–water partition coefficient (Wildman–Crippen LogP) is 4.34. The lowest BCUT2D eigenvalue weighted by molar-refractivity contribution is -0.122. The number of hydrogen-bond acceptors (Lipinski definition) is 5. The van der Waals surface area contributed by atoms with Crippen molar-refractivity contribution in [2.75, 3.05) is 19.5 Å². The molecular formula is C24H23NO5. The lowest BCUT2D eigenvalue weighted by Gasteiger charge is -2.16. The summed E-state index contributed by atoms with van der Waals surface area (Å²) in [6, 6.07) is 20.9. The van der Waals surface area contributed by atoms with Gasteiger partial charge in [-0.25, -0.2) is 0 Å². The smallest absolute Gasteiger partial charge is 0.265 e. The first-order chi connectivity index (χ1) is 14.5. The molecule has 0 aliphatic carbocycles. The van der Waals surface area contributed by atoms with Crippen molar-refractivity contribution in [2.24, 2.45) is 0 Å². The van der Waals surface area contributed by atoms with Crippen molar-refractivity contribution < 1.29 is 23.8 Å². The molecule has 3 aromatic carbocycles. The monoisotopic (exact) mass is 405 g/mol. The third kappa shape index (κ3) is 5.17. The first kappa shape index (κ1) is 20.9. The van der Waals surface area contributed by atoms with Crippen LogP contribution < -0.4 is 19.5 Å². The quantitative estimate of drug-likeness (QED) is 0.565. The molecule has 0 fully saturated rings. The van der Waals surface area contributed by atoms with E-state index in [0.717, 1.165) is 0 Å². The number of methoxy groups -OCH3 is 2. The maximum atomic E-state index is 12.5. The summed E-state index contributed by atoms with van der Waals surface area (Å²) in [7, 11) is 3.08. The molecule has 1 atom stereocenters. The maximum absolute atomic E-state index is 12.5. The fourth-order valence-corrected chi connectivity index (χ4v) is 2.82. The van der Waals surface area contributed by atoms with Gasteiger partial charge in [-0.3, -0.25) is 9.59 Å². The van der Waals surface area contributed by atoms with Crippen molar-refractivity contribution in [2.45, 2.75) is 13.0 Å². The van der Waals surface area contributed by atoms with Gasteiger partial charge in [0.2, 0.25) is 0 Å². The molecule has 0 spiro atoms. The molecule has 0 aromatic heterocycles. The molecule has 0 heterocycles. The van der Waals surface area contributed by atoms with E-state index in [1.165, 1.54) is 14.2 Å². The summed E-state index contributed by atoms with van der Waals surface area (Å²) in [6.07, 6.45) is -0.752. The summed E-state index contributed by atoms with van der Waals surface area (Å²) in [6.45, 7) is 1.65. The predicted molar refractivity (Wildman–Crippen MR) is 115 cm³/mol. The van der Waals surface area contributed by atoms with Crippen LogP contribution in [-0.4, -0.2) is 32.0 Å². The van der Waals surface area contributed by atoms with E-state index in [1.54, 1.807) is 61.5 Å². The van der Waals surface area contributed by atoms with Crippen molar-refractivity contribution in [3.63, 3.8) is 0 Å². The van der Waals surface area contributed by atoms with Crippen molar-refractivity contribution >= 4 is 17.4 Å². The van der Waals surface area contributed by atoms with E-state index in [4.69, 9.17) is 14.2 Å². The summed E-state index contributed by atoms with van der Waals surface area (Å²) >= 11 is 0. The third-order valence-electron chi connectivity index (χ3n) is 4.45. The Labute approximate surface area is 175 Å². The minimum absolute atomic E-state index is 0.0695. The number of ether oxygens (including phenoxy) is 3. The summed E-state index contributed by atoms with van der Waals surface area (Å²) in [4.78, 5) is 25.0.